The van der Waals surface area contributed by atoms with Crippen molar-refractivity contribution in [2.45, 2.75) is 13.3 Å². The van der Waals surface area contributed by atoms with Crippen LogP contribution in [0.4, 0.5) is 0 Å². The first-order valence-electron chi connectivity index (χ1n) is 3.34. The van der Waals surface area contributed by atoms with E-state index in [2.05, 4.69) is 18.7 Å². The predicted octanol–water partition coefficient (Wildman–Crippen LogP) is 1.16. The maximum Gasteiger partial charge on any atom is 0.000750 e. The van der Waals surface area contributed by atoms with Gasteiger partial charge in [0.25, 0.3) is 0 Å². The predicted molar refractivity (Wildman–Crippen MR) is 35.6 cm³/mol. The monoisotopic (exact) mass is 112 g/mol. The van der Waals surface area contributed by atoms with Gasteiger partial charge < -0.3 is 4.90 Å². The minimum atomic E-state index is 0.914. The molecule has 1 aliphatic rings. The first-order chi connectivity index (χ1) is 3.83. The van der Waals surface area contributed by atoms with E-state index in [9.17, 15) is 0 Å². The van der Waals surface area contributed by atoms with Gasteiger partial charge in [-0.25, -0.2) is 0 Å². The molecule has 0 aromatic heterocycles. The zero-order valence-corrected chi connectivity index (χ0v) is 5.56. The van der Waals surface area contributed by atoms with Crippen molar-refractivity contribution in [1.29, 1.82) is 0 Å². The first kappa shape index (κ1) is 6.09. The molecule has 0 aromatic rings. The molecule has 8 heavy (non-hydrogen) atoms. The second kappa shape index (κ2) is 2.49. The normalized spacial score (nSPS) is 31.5. The molecule has 0 aromatic carbocycles. The summed E-state index contributed by atoms with van der Waals surface area (Å²) in [6.45, 7) is 9.66. The van der Waals surface area contributed by atoms with E-state index in [1.165, 1.54) is 19.5 Å². The second-order valence-corrected chi connectivity index (χ2v) is 2.69. The highest BCUT2D eigenvalue weighted by atomic mass is 15.1. The first-order valence-corrected chi connectivity index (χ1v) is 3.34. The Balaban J connectivity index is 2.22. The van der Waals surface area contributed by atoms with Crippen LogP contribution < -0.4 is 0 Å². The molecule has 0 aliphatic carbocycles. The van der Waals surface area contributed by atoms with Gasteiger partial charge >= 0.3 is 0 Å². The molecule has 1 atom stereocenters. The van der Waals surface area contributed by atoms with Gasteiger partial charge in [-0.15, -0.1) is 0 Å². The minimum Gasteiger partial charge on any atom is -0.303 e. The molecule has 0 spiro atoms. The van der Waals surface area contributed by atoms with E-state index in [1.807, 2.05) is 0 Å². The zero-order chi connectivity index (χ0) is 5.98. The summed E-state index contributed by atoms with van der Waals surface area (Å²) in [6.07, 6.45) is 1.37. The molecule has 1 heterocycles. The summed E-state index contributed by atoms with van der Waals surface area (Å²) in [6, 6.07) is 0. The van der Waals surface area contributed by atoms with E-state index in [0.29, 0.717) is 0 Å². The lowest BCUT2D eigenvalue weighted by molar-refractivity contribution is 0.362. The van der Waals surface area contributed by atoms with Gasteiger partial charge in [-0.3, -0.25) is 0 Å². The standard InChI is InChI=1S/C7H14N/c1-3-8-5-4-7(2)6-8/h7H,1,3-6H2,2H3. The van der Waals surface area contributed by atoms with Crippen LogP contribution in [-0.2, 0) is 0 Å². The Kier molecular flexibility index (Phi) is 1.90. The Morgan fingerprint density at radius 2 is 2.50 bits per heavy atom. The molecule has 1 nitrogen and oxygen atoms in total. The van der Waals surface area contributed by atoms with Crippen LogP contribution in [0.3, 0.4) is 0 Å². The van der Waals surface area contributed by atoms with Crippen LogP contribution in [0.2, 0.25) is 0 Å². The highest BCUT2D eigenvalue weighted by Crippen LogP contribution is 2.13. The quantitative estimate of drug-likeness (QED) is 0.492. The lowest BCUT2D eigenvalue weighted by Gasteiger charge is -2.09. The molecule has 1 rings (SSSR count). The Hall–Kier alpha value is -0.0400. The van der Waals surface area contributed by atoms with E-state index in [0.717, 1.165) is 12.5 Å². The van der Waals surface area contributed by atoms with Gasteiger partial charge in [0.2, 0.25) is 0 Å². The van der Waals surface area contributed by atoms with E-state index in [4.69, 9.17) is 0 Å². The molecule has 1 unspecified atom stereocenters. The lowest BCUT2D eigenvalue weighted by atomic mass is 10.2. The molecule has 1 aliphatic heterocycles. The highest BCUT2D eigenvalue weighted by Gasteiger charge is 2.15. The van der Waals surface area contributed by atoms with Gasteiger partial charge in [0.1, 0.15) is 0 Å². The number of hydrogen-bond donors (Lipinski definition) is 0. The largest absolute Gasteiger partial charge is 0.303 e. The topological polar surface area (TPSA) is 3.24 Å². The molecule has 1 radical (unpaired) electrons. The van der Waals surface area contributed by atoms with E-state index >= 15 is 0 Å². The molecule has 1 heteroatoms. The summed E-state index contributed by atoms with van der Waals surface area (Å²) in [5, 5.41) is 0. The summed E-state index contributed by atoms with van der Waals surface area (Å²) < 4.78 is 0. The van der Waals surface area contributed by atoms with Crippen molar-refractivity contribution in [1.82, 2.24) is 4.90 Å². The molecule has 0 N–H and O–H groups in total. The molecule has 47 valence electrons. The molecule has 1 fully saturated rings. The Morgan fingerprint density at radius 3 is 2.75 bits per heavy atom. The van der Waals surface area contributed by atoms with E-state index < -0.39 is 0 Å². The average Bonchev–Trinajstić information content (AvgIpc) is 2.14. The molecular formula is C7H14N. The van der Waals surface area contributed by atoms with Crippen LogP contribution in [0.25, 0.3) is 0 Å². The van der Waals surface area contributed by atoms with Crippen molar-refractivity contribution >= 4 is 0 Å². The molecular weight excluding hydrogens is 98.1 g/mol. The number of hydrogen-bond acceptors (Lipinski definition) is 1. The zero-order valence-electron chi connectivity index (χ0n) is 5.56. The maximum absolute atomic E-state index is 3.83. The number of likely N-dealkylation sites (tertiary alicyclic amines) is 1. The van der Waals surface area contributed by atoms with Crippen molar-refractivity contribution in [2.24, 2.45) is 5.92 Å². The average molecular weight is 112 g/mol. The fourth-order valence-corrected chi connectivity index (χ4v) is 1.23. The van der Waals surface area contributed by atoms with Crippen molar-refractivity contribution in [3.8, 4) is 0 Å². The van der Waals surface area contributed by atoms with Gasteiger partial charge in [0, 0.05) is 6.54 Å². The molecule has 0 bridgehead atoms. The summed E-state index contributed by atoms with van der Waals surface area (Å²) in [4.78, 5) is 2.39. The van der Waals surface area contributed by atoms with Crippen LogP contribution in [0.1, 0.15) is 13.3 Å². The van der Waals surface area contributed by atoms with Gasteiger partial charge in [-0.1, -0.05) is 6.92 Å². The maximum atomic E-state index is 3.83. The third-order valence-electron chi connectivity index (χ3n) is 1.82. The third kappa shape index (κ3) is 1.22. The summed E-state index contributed by atoms with van der Waals surface area (Å²) in [5.74, 6) is 0.914. The van der Waals surface area contributed by atoms with Crippen LogP contribution in [0.15, 0.2) is 0 Å². The van der Waals surface area contributed by atoms with E-state index in [1.54, 1.807) is 0 Å². The third-order valence-corrected chi connectivity index (χ3v) is 1.82. The Bertz CT molecular complexity index is 70.8. The number of nitrogens with zero attached hydrogens (tertiary/aromatic N) is 1. The minimum absolute atomic E-state index is 0.914. The summed E-state index contributed by atoms with van der Waals surface area (Å²) in [7, 11) is 0. The second-order valence-electron chi connectivity index (χ2n) is 2.69. The Labute approximate surface area is 51.7 Å². The fourth-order valence-electron chi connectivity index (χ4n) is 1.23. The van der Waals surface area contributed by atoms with Gasteiger partial charge in [0.15, 0.2) is 0 Å². The SMILES string of the molecule is [CH2]CN1CCC(C)C1. The van der Waals surface area contributed by atoms with Crippen LogP contribution in [0, 0.1) is 12.8 Å². The van der Waals surface area contributed by atoms with Crippen molar-refractivity contribution in [3.05, 3.63) is 6.92 Å². The van der Waals surface area contributed by atoms with Gasteiger partial charge in [-0.2, -0.15) is 0 Å². The summed E-state index contributed by atoms with van der Waals surface area (Å²) >= 11 is 0. The van der Waals surface area contributed by atoms with Crippen LogP contribution in [-0.4, -0.2) is 24.5 Å². The van der Waals surface area contributed by atoms with E-state index in [-0.39, 0.29) is 0 Å². The van der Waals surface area contributed by atoms with Crippen molar-refractivity contribution in [3.63, 3.8) is 0 Å². The Morgan fingerprint density at radius 1 is 1.75 bits per heavy atom. The highest BCUT2D eigenvalue weighted by molar-refractivity contribution is 4.71. The molecule has 1 saturated heterocycles. The fraction of sp³-hybridized carbons (Fsp3) is 0.857. The number of rotatable bonds is 1. The van der Waals surface area contributed by atoms with Crippen molar-refractivity contribution < 1.29 is 0 Å². The van der Waals surface area contributed by atoms with Crippen LogP contribution >= 0.6 is 0 Å². The van der Waals surface area contributed by atoms with Gasteiger partial charge in [0.05, 0.1) is 0 Å². The van der Waals surface area contributed by atoms with Crippen molar-refractivity contribution in [2.75, 3.05) is 19.6 Å². The molecule has 0 saturated carbocycles. The lowest BCUT2D eigenvalue weighted by Crippen LogP contribution is -2.19. The summed E-state index contributed by atoms with van der Waals surface area (Å²) in [5.41, 5.74) is 0. The smallest absolute Gasteiger partial charge is 0.000750 e. The van der Waals surface area contributed by atoms with Gasteiger partial charge in [-0.05, 0) is 32.4 Å². The van der Waals surface area contributed by atoms with Crippen LogP contribution in [0.5, 0.6) is 0 Å². The molecule has 0 amide bonds.